The lowest BCUT2D eigenvalue weighted by atomic mass is 10.1. The van der Waals surface area contributed by atoms with Crippen molar-refractivity contribution in [3.8, 4) is 17.2 Å². The van der Waals surface area contributed by atoms with E-state index in [1.54, 1.807) is 45.6 Å². The summed E-state index contributed by atoms with van der Waals surface area (Å²) >= 11 is 1.43. The number of methoxy groups -OCH3 is 3. The molecule has 4 rings (SSSR count). The average molecular weight is 482 g/mol. The second-order valence-electron chi connectivity index (χ2n) is 7.83. The number of hydrogen-bond donors (Lipinski definition) is 2. The summed E-state index contributed by atoms with van der Waals surface area (Å²) in [6.45, 7) is 0.505. The fourth-order valence-corrected chi connectivity index (χ4v) is 4.97. The Balaban J connectivity index is 1.33. The van der Waals surface area contributed by atoms with Crippen LogP contribution in [0.5, 0.6) is 17.2 Å². The van der Waals surface area contributed by atoms with Gasteiger partial charge in [0.05, 0.1) is 32.9 Å². The SMILES string of the molecule is COc1ccc(C(=O)Nc2nc3c(s2)CCC3C(=O)NCCc2ccc(OC)c(OC)c2)cc1. The van der Waals surface area contributed by atoms with Crippen LogP contribution in [0.3, 0.4) is 0 Å². The van der Waals surface area contributed by atoms with Gasteiger partial charge in [0.25, 0.3) is 5.91 Å². The standard InChI is InChI=1S/C25H27N3O5S/c1-31-17-7-5-16(6-8-17)23(29)28-25-27-22-18(9-11-21(22)34-25)24(30)26-13-12-15-4-10-19(32-2)20(14-15)33-3/h4-8,10,14,18H,9,11-13H2,1-3H3,(H,26,30)(H,27,28,29). The highest BCUT2D eigenvalue weighted by Gasteiger charge is 2.32. The van der Waals surface area contributed by atoms with E-state index in [0.29, 0.717) is 40.9 Å². The van der Waals surface area contributed by atoms with Crippen LogP contribution >= 0.6 is 11.3 Å². The summed E-state index contributed by atoms with van der Waals surface area (Å²) in [5.41, 5.74) is 2.32. The maximum Gasteiger partial charge on any atom is 0.257 e. The zero-order valence-corrected chi connectivity index (χ0v) is 20.2. The fourth-order valence-electron chi connectivity index (χ4n) is 3.94. The molecule has 0 spiro atoms. The number of hydrogen-bond acceptors (Lipinski definition) is 7. The van der Waals surface area contributed by atoms with Gasteiger partial charge in [-0.15, -0.1) is 11.3 Å². The first-order valence-electron chi connectivity index (χ1n) is 11.0. The highest BCUT2D eigenvalue weighted by molar-refractivity contribution is 7.16. The second kappa shape index (κ2) is 10.6. The molecule has 34 heavy (non-hydrogen) atoms. The van der Waals surface area contributed by atoms with Gasteiger partial charge in [-0.3, -0.25) is 14.9 Å². The van der Waals surface area contributed by atoms with E-state index < -0.39 is 0 Å². The van der Waals surface area contributed by atoms with Crippen molar-refractivity contribution in [1.82, 2.24) is 10.3 Å². The molecule has 1 atom stereocenters. The Hall–Kier alpha value is -3.59. The van der Waals surface area contributed by atoms with Crippen LogP contribution in [0.25, 0.3) is 0 Å². The average Bonchev–Trinajstić information content (AvgIpc) is 3.44. The van der Waals surface area contributed by atoms with Crippen molar-refractivity contribution in [2.75, 3.05) is 33.2 Å². The predicted molar refractivity (Wildman–Crippen MR) is 130 cm³/mol. The zero-order chi connectivity index (χ0) is 24.1. The molecule has 2 N–H and O–H groups in total. The Morgan fingerprint density at radius 1 is 1.03 bits per heavy atom. The summed E-state index contributed by atoms with van der Waals surface area (Å²) in [5.74, 6) is 1.43. The summed E-state index contributed by atoms with van der Waals surface area (Å²) < 4.78 is 15.7. The van der Waals surface area contributed by atoms with Gasteiger partial charge in [0, 0.05) is 17.0 Å². The van der Waals surface area contributed by atoms with Crippen LogP contribution in [0.15, 0.2) is 42.5 Å². The number of rotatable bonds is 9. The van der Waals surface area contributed by atoms with E-state index in [2.05, 4.69) is 15.6 Å². The number of carbonyl (C=O) groups excluding carboxylic acids is 2. The summed E-state index contributed by atoms with van der Waals surface area (Å²) in [4.78, 5) is 31.0. The van der Waals surface area contributed by atoms with E-state index in [-0.39, 0.29) is 17.7 Å². The van der Waals surface area contributed by atoms with Crippen molar-refractivity contribution in [2.45, 2.75) is 25.2 Å². The summed E-state index contributed by atoms with van der Waals surface area (Å²) in [5, 5.41) is 6.37. The minimum absolute atomic E-state index is 0.0439. The molecule has 8 nitrogen and oxygen atoms in total. The first-order valence-corrected chi connectivity index (χ1v) is 11.8. The van der Waals surface area contributed by atoms with Crippen LogP contribution < -0.4 is 24.8 Å². The van der Waals surface area contributed by atoms with Crippen molar-refractivity contribution in [2.24, 2.45) is 0 Å². The number of aromatic nitrogens is 1. The highest BCUT2D eigenvalue weighted by Crippen LogP contribution is 2.38. The number of benzene rings is 2. The smallest absolute Gasteiger partial charge is 0.257 e. The molecule has 0 bridgehead atoms. The Morgan fingerprint density at radius 2 is 1.79 bits per heavy atom. The minimum atomic E-state index is -0.303. The van der Waals surface area contributed by atoms with Crippen molar-refractivity contribution >= 4 is 28.3 Å². The quantitative estimate of drug-likeness (QED) is 0.482. The normalized spacial score (nSPS) is 14.3. The van der Waals surface area contributed by atoms with E-state index >= 15 is 0 Å². The van der Waals surface area contributed by atoms with E-state index in [1.807, 2.05) is 18.2 Å². The minimum Gasteiger partial charge on any atom is -0.497 e. The van der Waals surface area contributed by atoms with Gasteiger partial charge in [-0.25, -0.2) is 4.98 Å². The van der Waals surface area contributed by atoms with E-state index in [0.717, 1.165) is 29.0 Å². The lowest BCUT2D eigenvalue weighted by Gasteiger charge is -2.12. The first kappa shape index (κ1) is 23.6. The van der Waals surface area contributed by atoms with E-state index in [1.165, 1.54) is 11.3 Å². The van der Waals surface area contributed by atoms with Crippen molar-refractivity contribution in [3.63, 3.8) is 0 Å². The third-order valence-corrected chi connectivity index (χ3v) is 6.81. The lowest BCUT2D eigenvalue weighted by molar-refractivity contribution is -0.122. The molecule has 0 saturated carbocycles. The van der Waals surface area contributed by atoms with Crippen LogP contribution in [-0.2, 0) is 17.6 Å². The highest BCUT2D eigenvalue weighted by atomic mass is 32.1. The van der Waals surface area contributed by atoms with Crippen molar-refractivity contribution in [1.29, 1.82) is 0 Å². The van der Waals surface area contributed by atoms with Gasteiger partial charge >= 0.3 is 0 Å². The molecule has 0 radical (unpaired) electrons. The predicted octanol–water partition coefficient (Wildman–Crippen LogP) is 3.81. The van der Waals surface area contributed by atoms with Gasteiger partial charge in [-0.2, -0.15) is 0 Å². The molecule has 2 aromatic carbocycles. The van der Waals surface area contributed by atoms with Crippen LogP contribution in [0, 0.1) is 0 Å². The van der Waals surface area contributed by atoms with Crippen molar-refractivity contribution in [3.05, 3.63) is 64.2 Å². The molecule has 1 aliphatic carbocycles. The number of amides is 2. The molecule has 1 aliphatic rings. The van der Waals surface area contributed by atoms with Gasteiger partial charge in [0.2, 0.25) is 5.91 Å². The Labute approximate surface area is 202 Å². The Kier molecular flexibility index (Phi) is 7.32. The Bertz CT molecular complexity index is 1180. The third-order valence-electron chi connectivity index (χ3n) is 5.77. The van der Waals surface area contributed by atoms with Crippen LogP contribution in [0.1, 0.15) is 38.8 Å². The Morgan fingerprint density at radius 3 is 2.50 bits per heavy atom. The summed E-state index contributed by atoms with van der Waals surface area (Å²) in [6.07, 6.45) is 2.17. The number of nitrogens with one attached hydrogen (secondary N) is 2. The van der Waals surface area contributed by atoms with Crippen LogP contribution in [0.4, 0.5) is 5.13 Å². The number of carbonyl (C=O) groups is 2. The van der Waals surface area contributed by atoms with Crippen LogP contribution in [-0.4, -0.2) is 44.7 Å². The number of anilines is 1. The first-order chi connectivity index (χ1) is 16.5. The molecule has 0 saturated heterocycles. The van der Waals surface area contributed by atoms with Gasteiger partial charge in [-0.1, -0.05) is 6.07 Å². The second-order valence-corrected chi connectivity index (χ2v) is 8.92. The molecule has 1 unspecified atom stereocenters. The maximum atomic E-state index is 12.8. The monoisotopic (exact) mass is 481 g/mol. The lowest BCUT2D eigenvalue weighted by Crippen LogP contribution is -2.30. The third kappa shape index (κ3) is 5.14. The van der Waals surface area contributed by atoms with Gasteiger partial charge in [-0.05, 0) is 61.2 Å². The number of aryl methyl sites for hydroxylation is 1. The van der Waals surface area contributed by atoms with Gasteiger partial charge in [0.15, 0.2) is 16.6 Å². The number of fused-ring (bicyclic) bond motifs is 1. The largest absolute Gasteiger partial charge is 0.497 e. The van der Waals surface area contributed by atoms with E-state index in [4.69, 9.17) is 14.2 Å². The molecule has 1 heterocycles. The maximum absolute atomic E-state index is 12.8. The number of nitrogens with zero attached hydrogens (tertiary/aromatic N) is 1. The molecule has 0 aliphatic heterocycles. The molecular formula is C25H27N3O5S. The zero-order valence-electron chi connectivity index (χ0n) is 19.3. The van der Waals surface area contributed by atoms with Gasteiger partial charge < -0.3 is 19.5 Å². The molecule has 2 amide bonds. The van der Waals surface area contributed by atoms with Crippen molar-refractivity contribution < 1.29 is 23.8 Å². The van der Waals surface area contributed by atoms with Gasteiger partial charge in [0.1, 0.15) is 5.75 Å². The summed E-state index contributed by atoms with van der Waals surface area (Å²) in [6, 6.07) is 12.6. The molecular weight excluding hydrogens is 454 g/mol. The molecule has 3 aromatic rings. The molecule has 1 aromatic heterocycles. The summed E-state index contributed by atoms with van der Waals surface area (Å²) in [7, 11) is 4.78. The molecule has 0 fully saturated rings. The number of ether oxygens (including phenoxy) is 3. The topological polar surface area (TPSA) is 98.8 Å². The number of thiazole rings is 1. The molecule has 178 valence electrons. The molecule has 9 heteroatoms. The van der Waals surface area contributed by atoms with Crippen LogP contribution in [0.2, 0.25) is 0 Å². The van der Waals surface area contributed by atoms with E-state index in [9.17, 15) is 9.59 Å². The fraction of sp³-hybridized carbons (Fsp3) is 0.320.